The lowest BCUT2D eigenvalue weighted by Crippen LogP contribution is -2.12. The summed E-state index contributed by atoms with van der Waals surface area (Å²) >= 11 is 0. The Kier molecular flexibility index (Phi) is 3.84. The molecule has 1 amide bonds. The van der Waals surface area contributed by atoms with Crippen LogP contribution >= 0.6 is 0 Å². The van der Waals surface area contributed by atoms with Crippen molar-refractivity contribution in [3.8, 4) is 6.07 Å². The highest BCUT2D eigenvalue weighted by atomic mass is 16.1. The Morgan fingerprint density at radius 1 is 1.23 bits per heavy atom. The SMILES string of the molecule is N#Cc1cccc(NC(=O)CCc2nc3ccccc3[nH]2)c1. The number of carbonyl (C=O) groups excluding carboxylic acids is 1. The molecule has 0 aliphatic carbocycles. The number of benzene rings is 2. The highest BCUT2D eigenvalue weighted by Crippen LogP contribution is 2.13. The number of H-pyrrole nitrogens is 1. The first-order valence-corrected chi connectivity index (χ1v) is 6.98. The van der Waals surface area contributed by atoms with Crippen LogP contribution in [-0.4, -0.2) is 15.9 Å². The second-order valence-corrected chi connectivity index (χ2v) is 4.94. The second-order valence-electron chi connectivity index (χ2n) is 4.94. The van der Waals surface area contributed by atoms with Crippen molar-refractivity contribution in [2.75, 3.05) is 5.32 Å². The summed E-state index contributed by atoms with van der Waals surface area (Å²) in [5.41, 5.74) is 3.03. The fourth-order valence-electron chi connectivity index (χ4n) is 2.25. The fraction of sp³-hybridized carbons (Fsp3) is 0.118. The maximum absolute atomic E-state index is 12.0. The van der Waals surface area contributed by atoms with Crippen molar-refractivity contribution >= 4 is 22.6 Å². The van der Waals surface area contributed by atoms with Gasteiger partial charge in [-0.1, -0.05) is 18.2 Å². The number of para-hydroxylation sites is 2. The zero-order chi connectivity index (χ0) is 15.4. The largest absolute Gasteiger partial charge is 0.342 e. The fourth-order valence-corrected chi connectivity index (χ4v) is 2.25. The standard InChI is InChI=1S/C17H14N4O/c18-11-12-4-3-5-13(10-12)19-17(22)9-8-16-20-14-6-1-2-7-15(14)21-16/h1-7,10H,8-9H2,(H,19,22)(H,20,21). The third kappa shape index (κ3) is 3.13. The summed E-state index contributed by atoms with van der Waals surface area (Å²) in [6, 6.07) is 16.7. The van der Waals surface area contributed by atoms with Crippen molar-refractivity contribution in [2.45, 2.75) is 12.8 Å². The van der Waals surface area contributed by atoms with E-state index in [1.165, 1.54) is 0 Å². The number of aromatic nitrogens is 2. The lowest BCUT2D eigenvalue weighted by molar-refractivity contribution is -0.116. The van der Waals surface area contributed by atoms with Gasteiger partial charge in [-0.3, -0.25) is 4.79 Å². The Morgan fingerprint density at radius 2 is 2.09 bits per heavy atom. The van der Waals surface area contributed by atoms with E-state index in [2.05, 4.69) is 15.3 Å². The Morgan fingerprint density at radius 3 is 2.91 bits per heavy atom. The van der Waals surface area contributed by atoms with Gasteiger partial charge >= 0.3 is 0 Å². The Labute approximate surface area is 127 Å². The first-order valence-electron chi connectivity index (χ1n) is 6.98. The number of fused-ring (bicyclic) bond motifs is 1. The van der Waals surface area contributed by atoms with Crippen molar-refractivity contribution in [1.82, 2.24) is 9.97 Å². The number of anilines is 1. The minimum Gasteiger partial charge on any atom is -0.342 e. The topological polar surface area (TPSA) is 81.6 Å². The third-order valence-corrected chi connectivity index (χ3v) is 3.30. The van der Waals surface area contributed by atoms with E-state index in [1.54, 1.807) is 24.3 Å². The van der Waals surface area contributed by atoms with E-state index in [0.29, 0.717) is 24.1 Å². The first kappa shape index (κ1) is 13.8. The van der Waals surface area contributed by atoms with Gasteiger partial charge in [-0.05, 0) is 30.3 Å². The highest BCUT2D eigenvalue weighted by Gasteiger charge is 2.07. The summed E-state index contributed by atoms with van der Waals surface area (Å²) < 4.78 is 0. The highest BCUT2D eigenvalue weighted by molar-refractivity contribution is 5.91. The van der Waals surface area contributed by atoms with Gasteiger partial charge in [-0.2, -0.15) is 5.26 Å². The van der Waals surface area contributed by atoms with Crippen molar-refractivity contribution in [3.05, 3.63) is 59.9 Å². The molecule has 0 spiro atoms. The Hall–Kier alpha value is -3.13. The Balaban J connectivity index is 1.61. The predicted molar refractivity (Wildman–Crippen MR) is 84.2 cm³/mol. The van der Waals surface area contributed by atoms with E-state index in [0.717, 1.165) is 16.9 Å². The van der Waals surface area contributed by atoms with Gasteiger partial charge in [-0.25, -0.2) is 4.98 Å². The molecule has 0 saturated carbocycles. The summed E-state index contributed by atoms with van der Waals surface area (Å²) in [6.07, 6.45) is 0.870. The van der Waals surface area contributed by atoms with Gasteiger partial charge in [0.05, 0.1) is 22.7 Å². The van der Waals surface area contributed by atoms with Gasteiger partial charge in [-0.15, -0.1) is 0 Å². The van der Waals surface area contributed by atoms with Crippen LogP contribution in [0.15, 0.2) is 48.5 Å². The lowest BCUT2D eigenvalue weighted by atomic mass is 10.2. The quantitative estimate of drug-likeness (QED) is 0.775. The number of aryl methyl sites for hydroxylation is 1. The number of imidazole rings is 1. The van der Waals surface area contributed by atoms with E-state index in [9.17, 15) is 4.79 Å². The molecule has 1 aromatic heterocycles. The van der Waals surface area contributed by atoms with E-state index < -0.39 is 0 Å². The van der Waals surface area contributed by atoms with Gasteiger partial charge < -0.3 is 10.3 Å². The van der Waals surface area contributed by atoms with Crippen LogP contribution in [0.3, 0.4) is 0 Å². The number of hydrogen-bond acceptors (Lipinski definition) is 3. The Bertz CT molecular complexity index is 827. The molecule has 0 aliphatic rings. The number of amides is 1. The van der Waals surface area contributed by atoms with Crippen molar-refractivity contribution < 1.29 is 4.79 Å². The zero-order valence-corrected chi connectivity index (χ0v) is 11.8. The van der Waals surface area contributed by atoms with Gasteiger partial charge in [0, 0.05) is 18.5 Å². The van der Waals surface area contributed by atoms with Crippen molar-refractivity contribution in [1.29, 1.82) is 5.26 Å². The molecule has 5 heteroatoms. The summed E-state index contributed by atoms with van der Waals surface area (Å²) in [6.45, 7) is 0. The summed E-state index contributed by atoms with van der Waals surface area (Å²) in [5, 5.41) is 11.6. The molecule has 108 valence electrons. The lowest BCUT2D eigenvalue weighted by Gasteiger charge is -2.04. The van der Waals surface area contributed by atoms with Gasteiger partial charge in [0.1, 0.15) is 5.82 Å². The molecular weight excluding hydrogens is 276 g/mol. The molecule has 2 aromatic carbocycles. The van der Waals surface area contributed by atoms with Crippen LogP contribution in [0, 0.1) is 11.3 Å². The number of nitriles is 1. The monoisotopic (exact) mass is 290 g/mol. The molecule has 3 aromatic rings. The van der Waals surface area contributed by atoms with Crippen LogP contribution in [0.25, 0.3) is 11.0 Å². The minimum absolute atomic E-state index is 0.101. The van der Waals surface area contributed by atoms with Crippen LogP contribution < -0.4 is 5.32 Å². The van der Waals surface area contributed by atoms with E-state index >= 15 is 0 Å². The number of hydrogen-bond donors (Lipinski definition) is 2. The number of carbonyl (C=O) groups is 1. The number of aromatic amines is 1. The molecular formula is C17H14N4O. The van der Waals surface area contributed by atoms with E-state index in [-0.39, 0.29) is 5.91 Å². The van der Waals surface area contributed by atoms with Crippen LogP contribution in [0.4, 0.5) is 5.69 Å². The molecule has 0 aliphatic heterocycles. The summed E-state index contributed by atoms with van der Waals surface area (Å²) in [4.78, 5) is 19.6. The van der Waals surface area contributed by atoms with Gasteiger partial charge in [0.25, 0.3) is 0 Å². The predicted octanol–water partition coefficient (Wildman–Crippen LogP) is 3.01. The minimum atomic E-state index is -0.101. The molecule has 0 bridgehead atoms. The average molecular weight is 290 g/mol. The summed E-state index contributed by atoms with van der Waals surface area (Å²) in [7, 11) is 0. The molecule has 0 fully saturated rings. The van der Waals surface area contributed by atoms with E-state index in [1.807, 2.05) is 30.3 Å². The maximum atomic E-state index is 12.0. The zero-order valence-electron chi connectivity index (χ0n) is 11.8. The molecule has 22 heavy (non-hydrogen) atoms. The smallest absolute Gasteiger partial charge is 0.224 e. The maximum Gasteiger partial charge on any atom is 0.224 e. The van der Waals surface area contributed by atoms with Crippen LogP contribution in [0.2, 0.25) is 0 Å². The number of nitrogens with one attached hydrogen (secondary N) is 2. The molecule has 0 atom stereocenters. The number of rotatable bonds is 4. The molecule has 3 rings (SSSR count). The summed E-state index contributed by atoms with van der Waals surface area (Å²) in [5.74, 6) is 0.692. The van der Waals surface area contributed by atoms with Crippen LogP contribution in [-0.2, 0) is 11.2 Å². The molecule has 0 saturated heterocycles. The molecule has 0 unspecified atom stereocenters. The average Bonchev–Trinajstić information content (AvgIpc) is 2.96. The molecule has 1 heterocycles. The van der Waals surface area contributed by atoms with Crippen LogP contribution in [0.1, 0.15) is 17.8 Å². The first-order chi connectivity index (χ1) is 10.7. The normalized spacial score (nSPS) is 10.3. The van der Waals surface area contributed by atoms with E-state index in [4.69, 9.17) is 5.26 Å². The third-order valence-electron chi connectivity index (χ3n) is 3.30. The molecule has 0 radical (unpaired) electrons. The molecule has 5 nitrogen and oxygen atoms in total. The van der Waals surface area contributed by atoms with Gasteiger partial charge in [0.2, 0.25) is 5.91 Å². The van der Waals surface area contributed by atoms with Gasteiger partial charge in [0.15, 0.2) is 0 Å². The molecule has 2 N–H and O–H groups in total. The van der Waals surface area contributed by atoms with Crippen LogP contribution in [0.5, 0.6) is 0 Å². The number of nitrogens with zero attached hydrogens (tertiary/aromatic N) is 2. The second kappa shape index (κ2) is 6.10. The van der Waals surface area contributed by atoms with Crippen molar-refractivity contribution in [3.63, 3.8) is 0 Å². The van der Waals surface area contributed by atoms with Crippen molar-refractivity contribution in [2.24, 2.45) is 0 Å².